The van der Waals surface area contributed by atoms with Gasteiger partial charge in [0, 0.05) is 37.9 Å². The van der Waals surface area contributed by atoms with Crippen LogP contribution in [0.5, 0.6) is 0 Å². The maximum absolute atomic E-state index is 4.23. The molecule has 1 N–H and O–H groups in total. The summed E-state index contributed by atoms with van der Waals surface area (Å²) in [6, 6.07) is 0.663. The third-order valence-electron chi connectivity index (χ3n) is 3.83. The fourth-order valence-corrected chi connectivity index (χ4v) is 2.69. The van der Waals surface area contributed by atoms with Crippen molar-refractivity contribution in [2.75, 3.05) is 19.6 Å². The average Bonchev–Trinajstić information content (AvgIpc) is 2.64. The molecule has 102 valence electrons. The Morgan fingerprint density at radius 1 is 1.50 bits per heavy atom. The molecule has 4 nitrogen and oxygen atoms in total. The summed E-state index contributed by atoms with van der Waals surface area (Å²) in [6.45, 7) is 10.3. The molecule has 0 spiro atoms. The zero-order valence-electron chi connectivity index (χ0n) is 12.1. The lowest BCUT2D eigenvalue weighted by atomic mass is 10.0. The quantitative estimate of drug-likeness (QED) is 0.881. The molecule has 1 aliphatic heterocycles. The highest BCUT2D eigenvalue weighted by atomic mass is 15.2. The number of nitrogens with zero attached hydrogens (tertiary/aromatic N) is 3. The fourth-order valence-electron chi connectivity index (χ4n) is 2.69. The summed E-state index contributed by atoms with van der Waals surface area (Å²) in [5, 5.41) is 7.86. The zero-order chi connectivity index (χ0) is 13.2. The van der Waals surface area contributed by atoms with Crippen molar-refractivity contribution in [2.45, 2.75) is 45.2 Å². The molecule has 1 saturated heterocycles. The Hall–Kier alpha value is -0.870. The molecule has 0 aliphatic carbocycles. The van der Waals surface area contributed by atoms with Gasteiger partial charge in [0.1, 0.15) is 0 Å². The average molecular weight is 250 g/mol. The number of rotatable bonds is 3. The number of hydrogen-bond donors (Lipinski definition) is 1. The Balaban J connectivity index is 1.93. The number of nitrogens with one attached hydrogen (secondary N) is 1. The molecule has 0 saturated carbocycles. The predicted octanol–water partition coefficient (Wildman–Crippen LogP) is 1.42. The van der Waals surface area contributed by atoms with Crippen molar-refractivity contribution in [1.82, 2.24) is 20.0 Å². The Bertz CT molecular complexity index is 383. The minimum atomic E-state index is 0.222. The van der Waals surface area contributed by atoms with Gasteiger partial charge in [-0.25, -0.2) is 0 Å². The zero-order valence-corrected chi connectivity index (χ0v) is 12.1. The van der Waals surface area contributed by atoms with Crippen LogP contribution in [-0.2, 0) is 13.5 Å². The predicted molar refractivity (Wildman–Crippen MR) is 74.6 cm³/mol. The van der Waals surface area contributed by atoms with E-state index in [1.165, 1.54) is 12.0 Å². The third-order valence-corrected chi connectivity index (χ3v) is 3.83. The second-order valence-corrected chi connectivity index (χ2v) is 6.19. The smallest absolute Gasteiger partial charge is 0.0522 e. The summed E-state index contributed by atoms with van der Waals surface area (Å²) in [4.78, 5) is 2.60. The van der Waals surface area contributed by atoms with Crippen molar-refractivity contribution in [2.24, 2.45) is 7.05 Å². The molecule has 1 aromatic heterocycles. The van der Waals surface area contributed by atoms with E-state index in [2.05, 4.69) is 42.3 Å². The van der Waals surface area contributed by atoms with Gasteiger partial charge in [-0.3, -0.25) is 9.58 Å². The van der Waals surface area contributed by atoms with Gasteiger partial charge < -0.3 is 5.32 Å². The standard InChI is InChI=1S/C14H26N4/c1-12-5-7-15-14(2,3)11-18(12)8-6-13-9-16-17(4)10-13/h9-10,12,15H,5-8,11H2,1-4H3. The molecular weight excluding hydrogens is 224 g/mol. The Labute approximate surface area is 110 Å². The Morgan fingerprint density at radius 2 is 2.28 bits per heavy atom. The van der Waals surface area contributed by atoms with Gasteiger partial charge >= 0.3 is 0 Å². The van der Waals surface area contributed by atoms with Crippen molar-refractivity contribution in [1.29, 1.82) is 0 Å². The Kier molecular flexibility index (Phi) is 4.07. The van der Waals surface area contributed by atoms with Crippen molar-refractivity contribution in [3.8, 4) is 0 Å². The molecule has 0 radical (unpaired) electrons. The van der Waals surface area contributed by atoms with E-state index in [0.717, 1.165) is 26.1 Å². The van der Waals surface area contributed by atoms with Crippen LogP contribution in [0.4, 0.5) is 0 Å². The van der Waals surface area contributed by atoms with Gasteiger partial charge in [-0.1, -0.05) is 0 Å². The van der Waals surface area contributed by atoms with Crippen molar-refractivity contribution < 1.29 is 0 Å². The molecule has 0 bridgehead atoms. The van der Waals surface area contributed by atoms with Crippen molar-refractivity contribution in [3.05, 3.63) is 18.0 Å². The van der Waals surface area contributed by atoms with Crippen LogP contribution in [0.2, 0.25) is 0 Å². The molecular formula is C14H26N4. The van der Waals surface area contributed by atoms with Crippen LogP contribution in [0.1, 0.15) is 32.8 Å². The van der Waals surface area contributed by atoms with E-state index in [1.807, 2.05) is 17.9 Å². The lowest BCUT2D eigenvalue weighted by Gasteiger charge is -2.32. The number of aromatic nitrogens is 2. The van der Waals surface area contributed by atoms with Gasteiger partial charge in [0.25, 0.3) is 0 Å². The maximum Gasteiger partial charge on any atom is 0.0522 e. The molecule has 2 heterocycles. The van der Waals surface area contributed by atoms with Crippen LogP contribution in [0.15, 0.2) is 12.4 Å². The van der Waals surface area contributed by atoms with Crippen LogP contribution in [0, 0.1) is 0 Å². The molecule has 2 rings (SSSR count). The summed E-state index contributed by atoms with van der Waals surface area (Å²) in [7, 11) is 1.98. The normalized spacial score (nSPS) is 25.0. The monoisotopic (exact) mass is 250 g/mol. The topological polar surface area (TPSA) is 33.1 Å². The second kappa shape index (κ2) is 5.41. The van der Waals surface area contributed by atoms with Gasteiger partial charge in [-0.2, -0.15) is 5.10 Å². The molecule has 1 unspecified atom stereocenters. The molecule has 0 aromatic carbocycles. The summed E-state index contributed by atoms with van der Waals surface area (Å²) < 4.78 is 1.88. The number of hydrogen-bond acceptors (Lipinski definition) is 3. The van der Waals surface area contributed by atoms with Crippen molar-refractivity contribution in [3.63, 3.8) is 0 Å². The SMILES string of the molecule is CC1CCNC(C)(C)CN1CCc1cnn(C)c1. The summed E-state index contributed by atoms with van der Waals surface area (Å²) in [6.07, 6.45) is 6.42. The van der Waals surface area contributed by atoms with Crippen LogP contribution in [-0.4, -0.2) is 45.9 Å². The maximum atomic E-state index is 4.23. The third kappa shape index (κ3) is 3.56. The van der Waals surface area contributed by atoms with Crippen LogP contribution >= 0.6 is 0 Å². The summed E-state index contributed by atoms with van der Waals surface area (Å²) in [5.41, 5.74) is 1.55. The van der Waals surface area contributed by atoms with Gasteiger partial charge in [0.05, 0.1) is 6.20 Å². The van der Waals surface area contributed by atoms with E-state index in [9.17, 15) is 0 Å². The van der Waals surface area contributed by atoms with Crippen LogP contribution < -0.4 is 5.32 Å². The number of aryl methyl sites for hydroxylation is 1. The van der Waals surface area contributed by atoms with Gasteiger partial charge in [-0.15, -0.1) is 0 Å². The highest BCUT2D eigenvalue weighted by Crippen LogP contribution is 2.16. The molecule has 1 atom stereocenters. The van der Waals surface area contributed by atoms with E-state index >= 15 is 0 Å². The highest BCUT2D eigenvalue weighted by molar-refractivity contribution is 5.04. The van der Waals surface area contributed by atoms with E-state index < -0.39 is 0 Å². The minimum absolute atomic E-state index is 0.222. The lowest BCUT2D eigenvalue weighted by Crippen LogP contribution is -2.48. The van der Waals surface area contributed by atoms with E-state index in [1.54, 1.807) is 0 Å². The molecule has 4 heteroatoms. The highest BCUT2D eigenvalue weighted by Gasteiger charge is 2.27. The Morgan fingerprint density at radius 3 is 2.94 bits per heavy atom. The van der Waals surface area contributed by atoms with Crippen molar-refractivity contribution >= 4 is 0 Å². The lowest BCUT2D eigenvalue weighted by molar-refractivity contribution is 0.183. The first kappa shape index (κ1) is 13.6. The first-order chi connectivity index (χ1) is 8.46. The van der Waals surface area contributed by atoms with Gasteiger partial charge in [0.2, 0.25) is 0 Å². The van der Waals surface area contributed by atoms with E-state index in [0.29, 0.717) is 6.04 Å². The van der Waals surface area contributed by atoms with E-state index in [-0.39, 0.29) is 5.54 Å². The molecule has 1 fully saturated rings. The van der Waals surface area contributed by atoms with Gasteiger partial charge in [-0.05, 0) is 45.7 Å². The second-order valence-electron chi connectivity index (χ2n) is 6.19. The van der Waals surface area contributed by atoms with Gasteiger partial charge in [0.15, 0.2) is 0 Å². The molecule has 0 amide bonds. The summed E-state index contributed by atoms with van der Waals surface area (Å²) >= 11 is 0. The van der Waals surface area contributed by atoms with Crippen LogP contribution in [0.3, 0.4) is 0 Å². The van der Waals surface area contributed by atoms with E-state index in [4.69, 9.17) is 0 Å². The molecule has 1 aliphatic rings. The van der Waals surface area contributed by atoms with Crippen LogP contribution in [0.25, 0.3) is 0 Å². The first-order valence-corrected chi connectivity index (χ1v) is 6.93. The fraction of sp³-hybridized carbons (Fsp3) is 0.786. The first-order valence-electron chi connectivity index (χ1n) is 6.93. The largest absolute Gasteiger partial charge is 0.310 e. The summed E-state index contributed by atoms with van der Waals surface area (Å²) in [5.74, 6) is 0. The molecule has 18 heavy (non-hydrogen) atoms. The minimum Gasteiger partial charge on any atom is -0.310 e. The molecule has 1 aromatic rings.